The average molecular weight is 482 g/mol. The van der Waals surface area contributed by atoms with Gasteiger partial charge < -0.3 is 44.5 Å². The number of hydrogen-bond acceptors (Lipinski definition) is 9. The minimum Gasteiger partial charge on any atom is -0.508 e. The van der Waals surface area contributed by atoms with Crippen LogP contribution in [-0.2, 0) is 12.8 Å². The van der Waals surface area contributed by atoms with E-state index in [2.05, 4.69) is 0 Å². The first-order chi connectivity index (χ1) is 16.8. The molecule has 0 aromatic heterocycles. The highest BCUT2D eigenvalue weighted by molar-refractivity contribution is 5.60. The normalized spacial score (nSPS) is 22.9. The van der Waals surface area contributed by atoms with Gasteiger partial charge in [-0.05, 0) is 29.8 Å². The van der Waals surface area contributed by atoms with Gasteiger partial charge in [-0.25, -0.2) is 0 Å². The maximum Gasteiger partial charge on any atom is 0.200 e. The van der Waals surface area contributed by atoms with E-state index < -0.39 is 24.4 Å². The first-order valence-corrected chi connectivity index (χ1v) is 11.1. The highest BCUT2D eigenvalue weighted by atomic mass is 16.5. The Morgan fingerprint density at radius 3 is 1.66 bits per heavy atom. The lowest BCUT2D eigenvalue weighted by molar-refractivity contribution is 0.0117. The number of phenolic OH excluding ortho intramolecular Hbond substituents is 3. The molecule has 4 unspecified atom stereocenters. The van der Waals surface area contributed by atoms with Gasteiger partial charge in [-0.1, -0.05) is 12.1 Å². The van der Waals surface area contributed by atoms with Gasteiger partial charge in [0, 0.05) is 35.6 Å². The number of methoxy groups -OCH3 is 2. The summed E-state index contributed by atoms with van der Waals surface area (Å²) in [6.45, 7) is 0. The van der Waals surface area contributed by atoms with E-state index in [4.69, 9.17) is 18.9 Å². The molecule has 9 heteroatoms. The molecule has 35 heavy (non-hydrogen) atoms. The van der Waals surface area contributed by atoms with Crippen LogP contribution in [-0.4, -0.2) is 52.0 Å². The zero-order valence-corrected chi connectivity index (χ0v) is 19.1. The Kier molecular flexibility index (Phi) is 5.74. The van der Waals surface area contributed by atoms with Crippen molar-refractivity contribution < 1.29 is 44.5 Å². The third-order valence-corrected chi connectivity index (χ3v) is 6.51. The Bertz CT molecular complexity index is 1230. The summed E-state index contributed by atoms with van der Waals surface area (Å²) in [6, 6.07) is 11.1. The summed E-state index contributed by atoms with van der Waals surface area (Å²) in [7, 11) is 2.82. The van der Waals surface area contributed by atoms with E-state index in [0.29, 0.717) is 33.8 Å². The largest absolute Gasteiger partial charge is 0.508 e. The predicted octanol–water partition coefficient (Wildman–Crippen LogP) is 2.89. The fourth-order valence-electron chi connectivity index (χ4n) is 4.70. The number of ether oxygens (including phenoxy) is 4. The van der Waals surface area contributed by atoms with Crippen molar-refractivity contribution in [2.75, 3.05) is 14.2 Å². The molecule has 5 N–H and O–H groups in total. The highest BCUT2D eigenvalue weighted by Gasteiger charge is 2.38. The second kappa shape index (κ2) is 8.75. The van der Waals surface area contributed by atoms with Gasteiger partial charge >= 0.3 is 0 Å². The van der Waals surface area contributed by atoms with Crippen LogP contribution in [0.1, 0.15) is 34.5 Å². The lowest BCUT2D eigenvalue weighted by Gasteiger charge is -2.36. The van der Waals surface area contributed by atoms with Gasteiger partial charge in [-0.3, -0.25) is 0 Å². The number of rotatable bonds is 4. The van der Waals surface area contributed by atoms with Gasteiger partial charge in [-0.15, -0.1) is 0 Å². The van der Waals surface area contributed by atoms with Crippen molar-refractivity contribution in [2.24, 2.45) is 0 Å². The van der Waals surface area contributed by atoms with Crippen molar-refractivity contribution in [2.45, 2.75) is 37.3 Å². The standard InChI is InChI=1S/C26H26O9/c1-32-21-7-13(8-22(33-2)24(21)31)26-18(29)10-16-20(35-26)11-19-15(23(16)30)9-17(28)25(34-19)12-3-5-14(27)6-4-12/h3-8,11,17-18,25-31H,9-10H2,1-2H3. The van der Waals surface area contributed by atoms with Gasteiger partial charge in [-0.2, -0.15) is 0 Å². The van der Waals surface area contributed by atoms with Crippen molar-refractivity contribution in [3.63, 3.8) is 0 Å². The van der Waals surface area contributed by atoms with Crippen LogP contribution >= 0.6 is 0 Å². The Morgan fingerprint density at radius 2 is 1.17 bits per heavy atom. The van der Waals surface area contributed by atoms with Gasteiger partial charge in [0.15, 0.2) is 17.6 Å². The summed E-state index contributed by atoms with van der Waals surface area (Å²) in [5, 5.41) is 52.4. The number of aliphatic hydroxyl groups excluding tert-OH is 2. The zero-order chi connectivity index (χ0) is 24.9. The third-order valence-electron chi connectivity index (χ3n) is 6.51. The number of benzene rings is 3. The molecule has 184 valence electrons. The van der Waals surface area contributed by atoms with E-state index in [1.54, 1.807) is 30.3 Å². The Hall–Kier alpha value is -3.82. The molecule has 3 aromatic carbocycles. The molecule has 0 aliphatic carbocycles. The second-order valence-corrected chi connectivity index (χ2v) is 8.66. The van der Waals surface area contributed by atoms with E-state index in [1.807, 2.05) is 0 Å². The monoisotopic (exact) mass is 482 g/mol. The molecule has 0 fully saturated rings. The topological polar surface area (TPSA) is 138 Å². The van der Waals surface area contributed by atoms with Crippen LogP contribution in [0.3, 0.4) is 0 Å². The quantitative estimate of drug-likeness (QED) is 0.380. The Morgan fingerprint density at radius 1 is 0.686 bits per heavy atom. The fourth-order valence-corrected chi connectivity index (χ4v) is 4.70. The summed E-state index contributed by atoms with van der Waals surface area (Å²) in [5.41, 5.74) is 2.05. The van der Waals surface area contributed by atoms with E-state index in [9.17, 15) is 25.5 Å². The van der Waals surface area contributed by atoms with Crippen LogP contribution in [0.25, 0.3) is 0 Å². The first kappa shape index (κ1) is 22.9. The highest BCUT2D eigenvalue weighted by Crippen LogP contribution is 2.49. The lowest BCUT2D eigenvalue weighted by Crippen LogP contribution is -2.33. The van der Waals surface area contributed by atoms with Crippen molar-refractivity contribution in [1.82, 2.24) is 0 Å². The molecular weight excluding hydrogens is 456 g/mol. The van der Waals surface area contributed by atoms with Crippen molar-refractivity contribution in [3.05, 3.63) is 64.7 Å². The van der Waals surface area contributed by atoms with Crippen LogP contribution in [0, 0.1) is 0 Å². The molecule has 5 rings (SSSR count). The molecule has 2 aliphatic rings. The van der Waals surface area contributed by atoms with Crippen molar-refractivity contribution >= 4 is 0 Å². The van der Waals surface area contributed by atoms with E-state index in [0.717, 1.165) is 0 Å². The molecule has 0 saturated carbocycles. The molecule has 3 aromatic rings. The van der Waals surface area contributed by atoms with Crippen LogP contribution in [0.5, 0.6) is 40.2 Å². The summed E-state index contributed by atoms with van der Waals surface area (Å²) >= 11 is 0. The second-order valence-electron chi connectivity index (χ2n) is 8.66. The maximum absolute atomic E-state index is 11.0. The molecule has 9 nitrogen and oxygen atoms in total. The Balaban J connectivity index is 1.51. The van der Waals surface area contributed by atoms with Crippen molar-refractivity contribution in [1.29, 1.82) is 0 Å². The average Bonchev–Trinajstić information content (AvgIpc) is 2.85. The molecule has 0 saturated heterocycles. The molecule has 2 aliphatic heterocycles. The minimum atomic E-state index is -1.01. The number of aliphatic hydroxyl groups is 2. The van der Waals surface area contributed by atoms with E-state index in [1.165, 1.54) is 26.4 Å². The number of fused-ring (bicyclic) bond motifs is 2. The number of phenols is 3. The lowest BCUT2D eigenvalue weighted by atomic mass is 9.88. The van der Waals surface area contributed by atoms with E-state index >= 15 is 0 Å². The third kappa shape index (κ3) is 3.92. The fraction of sp³-hybridized carbons (Fsp3) is 0.308. The molecule has 0 amide bonds. The molecular formula is C26H26O9. The molecule has 0 spiro atoms. The minimum absolute atomic E-state index is 0.0842. The van der Waals surface area contributed by atoms with Crippen LogP contribution in [0.4, 0.5) is 0 Å². The van der Waals surface area contributed by atoms with Gasteiger partial charge in [0.2, 0.25) is 5.75 Å². The first-order valence-electron chi connectivity index (χ1n) is 11.1. The summed E-state index contributed by atoms with van der Waals surface area (Å²) in [5.74, 6) is 0.893. The van der Waals surface area contributed by atoms with E-state index in [-0.39, 0.29) is 41.6 Å². The summed E-state index contributed by atoms with van der Waals surface area (Å²) < 4.78 is 22.6. The maximum atomic E-state index is 11.0. The molecule has 2 heterocycles. The predicted molar refractivity (Wildman–Crippen MR) is 124 cm³/mol. The molecule has 0 radical (unpaired) electrons. The zero-order valence-electron chi connectivity index (χ0n) is 19.1. The number of aromatic hydroxyl groups is 3. The molecule has 4 atom stereocenters. The SMILES string of the molecule is COc1cc(C2Oc3cc4c(c(O)c3CC2O)CC(O)C(c2ccc(O)cc2)O4)cc(OC)c1O. The van der Waals surface area contributed by atoms with Gasteiger partial charge in [0.05, 0.1) is 26.4 Å². The molecule has 0 bridgehead atoms. The van der Waals surface area contributed by atoms with Crippen LogP contribution < -0.4 is 18.9 Å². The van der Waals surface area contributed by atoms with Gasteiger partial charge in [0.1, 0.15) is 29.1 Å². The summed E-state index contributed by atoms with van der Waals surface area (Å²) in [4.78, 5) is 0. The van der Waals surface area contributed by atoms with Gasteiger partial charge in [0.25, 0.3) is 0 Å². The van der Waals surface area contributed by atoms with Crippen LogP contribution in [0.2, 0.25) is 0 Å². The van der Waals surface area contributed by atoms with Crippen molar-refractivity contribution in [3.8, 4) is 40.2 Å². The van der Waals surface area contributed by atoms with Crippen LogP contribution in [0.15, 0.2) is 42.5 Å². The Labute approximate surface area is 201 Å². The smallest absolute Gasteiger partial charge is 0.200 e. The number of hydrogen-bond donors (Lipinski definition) is 5. The summed E-state index contributed by atoms with van der Waals surface area (Å²) in [6.07, 6.45) is -3.21.